The average molecular weight is 356 g/mol. The highest BCUT2D eigenvalue weighted by atomic mass is 79.9. The fraction of sp³-hybridized carbons (Fsp3) is 0.111. The molecule has 0 N–H and O–H groups in total. The van der Waals surface area contributed by atoms with Gasteiger partial charge in [0.25, 0.3) is 5.24 Å². The summed E-state index contributed by atoms with van der Waals surface area (Å²) in [4.78, 5) is 21.7. The van der Waals surface area contributed by atoms with Crippen LogP contribution in [0.5, 0.6) is 5.75 Å². The van der Waals surface area contributed by atoms with Crippen LogP contribution in [-0.2, 0) is 4.79 Å². The Kier molecular flexibility index (Phi) is 4.31. The summed E-state index contributed by atoms with van der Waals surface area (Å²) in [6.45, 7) is 1.29. The molecule has 0 unspecified atom stereocenters. The van der Waals surface area contributed by atoms with Crippen LogP contribution < -0.4 is 4.74 Å². The van der Waals surface area contributed by atoms with E-state index >= 15 is 0 Å². The Morgan fingerprint density at radius 2 is 1.73 bits per heavy atom. The quantitative estimate of drug-likeness (QED) is 0.463. The van der Waals surface area contributed by atoms with Gasteiger partial charge >= 0.3 is 5.97 Å². The topological polar surface area (TPSA) is 43.4 Å². The third-order valence-electron chi connectivity index (χ3n) is 1.47. The van der Waals surface area contributed by atoms with Gasteiger partial charge in [0.05, 0.1) is 8.95 Å². The fourth-order valence-corrected chi connectivity index (χ4v) is 2.37. The second-order valence-electron chi connectivity index (χ2n) is 2.64. The van der Waals surface area contributed by atoms with Crippen molar-refractivity contribution in [2.75, 3.05) is 0 Å². The number of hydrogen-bond acceptors (Lipinski definition) is 3. The molecule has 0 aliphatic rings. The predicted octanol–water partition coefficient (Wildman–Crippen LogP) is 3.52. The molecule has 0 atom stereocenters. The number of benzene rings is 1. The molecule has 1 rings (SSSR count). The molecule has 3 nitrogen and oxygen atoms in total. The van der Waals surface area contributed by atoms with Gasteiger partial charge in [0.2, 0.25) is 0 Å². The first-order chi connectivity index (χ1) is 6.91. The molecular weight excluding hydrogens is 351 g/mol. The minimum atomic E-state index is -0.578. The second-order valence-corrected chi connectivity index (χ2v) is 4.69. The van der Waals surface area contributed by atoms with Gasteiger partial charge in [0, 0.05) is 12.5 Å². The van der Waals surface area contributed by atoms with Crippen LogP contribution in [0.15, 0.2) is 21.1 Å². The van der Waals surface area contributed by atoms with E-state index in [1.807, 2.05) is 0 Å². The van der Waals surface area contributed by atoms with Gasteiger partial charge in [-0.15, -0.1) is 0 Å². The molecule has 0 saturated carbocycles. The minimum Gasteiger partial charge on any atom is -0.424 e. The second kappa shape index (κ2) is 5.09. The molecular formula is C9H5Br2ClO3. The molecule has 6 heteroatoms. The first kappa shape index (κ1) is 12.7. The monoisotopic (exact) mass is 354 g/mol. The lowest BCUT2D eigenvalue weighted by molar-refractivity contribution is -0.131. The van der Waals surface area contributed by atoms with Gasteiger partial charge in [-0.05, 0) is 55.6 Å². The first-order valence-electron chi connectivity index (χ1n) is 3.79. The lowest BCUT2D eigenvalue weighted by Crippen LogP contribution is -2.03. The number of esters is 1. The van der Waals surface area contributed by atoms with E-state index in [0.717, 1.165) is 0 Å². The molecule has 0 saturated heterocycles. The van der Waals surface area contributed by atoms with E-state index in [1.165, 1.54) is 19.1 Å². The van der Waals surface area contributed by atoms with Gasteiger partial charge in [-0.2, -0.15) is 0 Å². The lowest BCUT2D eigenvalue weighted by Gasteiger charge is -2.07. The van der Waals surface area contributed by atoms with Gasteiger partial charge in [0.1, 0.15) is 0 Å². The zero-order chi connectivity index (χ0) is 11.6. The number of ether oxygens (including phenoxy) is 1. The Morgan fingerprint density at radius 3 is 2.07 bits per heavy atom. The highest BCUT2D eigenvalue weighted by Gasteiger charge is 2.13. The first-order valence-corrected chi connectivity index (χ1v) is 5.75. The summed E-state index contributed by atoms with van der Waals surface area (Å²) in [5, 5.41) is -0.578. The van der Waals surface area contributed by atoms with Gasteiger partial charge in [-0.1, -0.05) is 0 Å². The van der Waals surface area contributed by atoms with Crippen molar-refractivity contribution in [3.8, 4) is 5.75 Å². The molecule has 0 radical (unpaired) electrons. The Morgan fingerprint density at radius 1 is 1.27 bits per heavy atom. The van der Waals surface area contributed by atoms with Crippen molar-refractivity contribution >= 4 is 54.7 Å². The summed E-state index contributed by atoms with van der Waals surface area (Å²) in [5.41, 5.74) is 0.311. The Bertz CT molecular complexity index is 408. The molecule has 0 aromatic heterocycles. The number of rotatable bonds is 2. The van der Waals surface area contributed by atoms with Crippen LogP contribution in [0.1, 0.15) is 17.3 Å². The number of hydrogen-bond donors (Lipinski definition) is 0. The zero-order valence-electron chi connectivity index (χ0n) is 7.51. The molecule has 0 spiro atoms. The zero-order valence-corrected chi connectivity index (χ0v) is 11.4. The minimum absolute atomic E-state index is 0.311. The summed E-state index contributed by atoms with van der Waals surface area (Å²) < 4.78 is 5.89. The van der Waals surface area contributed by atoms with Crippen LogP contribution in [0.4, 0.5) is 0 Å². The Labute approximate surface area is 108 Å². The van der Waals surface area contributed by atoms with E-state index in [1.54, 1.807) is 0 Å². The SMILES string of the molecule is CC(=O)Oc1c(Br)cc(C(=O)Cl)cc1Br. The predicted molar refractivity (Wildman–Crippen MR) is 63.3 cm³/mol. The van der Waals surface area contributed by atoms with Gasteiger partial charge in [0.15, 0.2) is 5.75 Å². The van der Waals surface area contributed by atoms with Crippen molar-refractivity contribution in [3.05, 3.63) is 26.6 Å². The molecule has 80 valence electrons. The van der Waals surface area contributed by atoms with E-state index < -0.39 is 11.2 Å². The van der Waals surface area contributed by atoms with E-state index in [9.17, 15) is 9.59 Å². The van der Waals surface area contributed by atoms with Crippen molar-refractivity contribution in [1.29, 1.82) is 0 Å². The number of carbonyl (C=O) groups excluding carboxylic acids is 2. The molecule has 1 aromatic rings. The summed E-state index contributed by atoms with van der Waals surface area (Å²) in [6, 6.07) is 2.97. The molecule has 0 aliphatic carbocycles. The highest BCUT2D eigenvalue weighted by Crippen LogP contribution is 2.35. The van der Waals surface area contributed by atoms with Crippen molar-refractivity contribution in [1.82, 2.24) is 0 Å². The summed E-state index contributed by atoms with van der Waals surface area (Å²) in [5.74, 6) is -0.120. The van der Waals surface area contributed by atoms with Gasteiger partial charge in [-0.3, -0.25) is 9.59 Å². The Hall–Kier alpha value is -0.390. The third kappa shape index (κ3) is 3.29. The van der Waals surface area contributed by atoms with E-state index in [0.29, 0.717) is 20.3 Å². The van der Waals surface area contributed by atoms with Crippen LogP contribution in [0.25, 0.3) is 0 Å². The highest BCUT2D eigenvalue weighted by molar-refractivity contribution is 9.11. The van der Waals surface area contributed by atoms with E-state index in [-0.39, 0.29) is 0 Å². The molecule has 0 fully saturated rings. The third-order valence-corrected chi connectivity index (χ3v) is 2.87. The summed E-state index contributed by atoms with van der Waals surface area (Å²) in [7, 11) is 0. The van der Waals surface area contributed by atoms with Crippen LogP contribution in [0.3, 0.4) is 0 Å². The summed E-state index contributed by atoms with van der Waals surface area (Å²) >= 11 is 11.7. The number of halogens is 3. The van der Waals surface area contributed by atoms with E-state index in [2.05, 4.69) is 31.9 Å². The Balaban J connectivity index is 3.21. The van der Waals surface area contributed by atoms with Gasteiger partial charge < -0.3 is 4.74 Å². The molecule has 0 amide bonds. The molecule has 0 aliphatic heterocycles. The summed E-state index contributed by atoms with van der Waals surface area (Å²) in [6.07, 6.45) is 0. The maximum Gasteiger partial charge on any atom is 0.308 e. The lowest BCUT2D eigenvalue weighted by atomic mass is 10.2. The van der Waals surface area contributed by atoms with Crippen molar-refractivity contribution in [2.45, 2.75) is 6.92 Å². The van der Waals surface area contributed by atoms with Crippen LogP contribution >= 0.6 is 43.5 Å². The smallest absolute Gasteiger partial charge is 0.308 e. The number of carbonyl (C=O) groups is 2. The van der Waals surface area contributed by atoms with Crippen LogP contribution in [0, 0.1) is 0 Å². The van der Waals surface area contributed by atoms with E-state index in [4.69, 9.17) is 16.3 Å². The molecule has 1 aromatic carbocycles. The van der Waals surface area contributed by atoms with Crippen molar-refractivity contribution < 1.29 is 14.3 Å². The van der Waals surface area contributed by atoms with Gasteiger partial charge in [-0.25, -0.2) is 0 Å². The normalized spacial score (nSPS) is 9.87. The molecule has 0 bridgehead atoms. The molecule has 0 heterocycles. The molecule has 15 heavy (non-hydrogen) atoms. The maximum atomic E-state index is 10.9. The van der Waals surface area contributed by atoms with Crippen molar-refractivity contribution in [3.63, 3.8) is 0 Å². The maximum absolute atomic E-state index is 10.9. The largest absolute Gasteiger partial charge is 0.424 e. The standard InChI is InChI=1S/C9H5Br2ClO3/c1-4(13)15-8-6(10)2-5(9(12)14)3-7(8)11/h2-3H,1H3. The fourth-order valence-electron chi connectivity index (χ4n) is 0.915. The van der Waals surface area contributed by atoms with Crippen LogP contribution in [-0.4, -0.2) is 11.2 Å². The van der Waals surface area contributed by atoms with Crippen LogP contribution in [0.2, 0.25) is 0 Å². The average Bonchev–Trinajstić information content (AvgIpc) is 2.10. The van der Waals surface area contributed by atoms with Crippen molar-refractivity contribution in [2.24, 2.45) is 0 Å².